The van der Waals surface area contributed by atoms with Crippen molar-refractivity contribution < 1.29 is 9.13 Å². The lowest BCUT2D eigenvalue weighted by molar-refractivity contribution is 0.382. The minimum atomic E-state index is -0.329. The average molecular weight is 223 g/mol. The molecular formula is C13H18FNO. The van der Waals surface area contributed by atoms with Gasteiger partial charge in [-0.2, -0.15) is 0 Å². The summed E-state index contributed by atoms with van der Waals surface area (Å²) in [5, 5.41) is 0. The predicted molar refractivity (Wildman–Crippen MR) is 61.8 cm³/mol. The van der Waals surface area contributed by atoms with Crippen LogP contribution >= 0.6 is 0 Å². The van der Waals surface area contributed by atoms with Crippen molar-refractivity contribution in [2.75, 3.05) is 7.11 Å². The monoisotopic (exact) mass is 223 g/mol. The molecule has 0 bridgehead atoms. The zero-order chi connectivity index (χ0) is 11.5. The maximum Gasteiger partial charge on any atom is 0.165 e. The van der Waals surface area contributed by atoms with Gasteiger partial charge in [0, 0.05) is 6.04 Å². The van der Waals surface area contributed by atoms with Crippen molar-refractivity contribution >= 4 is 0 Å². The minimum absolute atomic E-state index is 0.0111. The Kier molecular flexibility index (Phi) is 3.44. The predicted octanol–water partition coefficient (Wildman–Crippen LogP) is 3.02. The number of benzene rings is 1. The van der Waals surface area contributed by atoms with E-state index in [2.05, 4.69) is 0 Å². The Morgan fingerprint density at radius 2 is 2.06 bits per heavy atom. The van der Waals surface area contributed by atoms with Gasteiger partial charge in [0.05, 0.1) is 7.11 Å². The Labute approximate surface area is 95.6 Å². The fourth-order valence-electron chi connectivity index (χ4n) is 2.47. The van der Waals surface area contributed by atoms with E-state index in [1.54, 1.807) is 12.1 Å². The van der Waals surface area contributed by atoms with Gasteiger partial charge >= 0.3 is 0 Å². The van der Waals surface area contributed by atoms with Crippen LogP contribution in [0.25, 0.3) is 0 Å². The first kappa shape index (κ1) is 11.4. The van der Waals surface area contributed by atoms with Crippen LogP contribution in [0.1, 0.15) is 37.3 Å². The van der Waals surface area contributed by atoms with Crippen LogP contribution < -0.4 is 10.5 Å². The van der Waals surface area contributed by atoms with E-state index in [1.807, 2.05) is 0 Å². The van der Waals surface area contributed by atoms with Gasteiger partial charge in [0.15, 0.2) is 11.6 Å². The number of nitrogens with two attached hydrogens (primary N) is 1. The standard InChI is InChI=1S/C13H18FNO/c1-16-12-8-10(6-7-11(12)14)13(15)9-4-2-3-5-9/h6-9,13H,2-5,15H2,1H3. The molecule has 0 aromatic heterocycles. The number of hydrogen-bond acceptors (Lipinski definition) is 2. The lowest BCUT2D eigenvalue weighted by Crippen LogP contribution is -2.19. The maximum atomic E-state index is 13.2. The normalized spacial score (nSPS) is 18.7. The highest BCUT2D eigenvalue weighted by Gasteiger charge is 2.23. The first-order valence-electron chi connectivity index (χ1n) is 5.81. The SMILES string of the molecule is COc1cc(C(N)C2CCCC2)ccc1F. The fourth-order valence-corrected chi connectivity index (χ4v) is 2.47. The quantitative estimate of drug-likeness (QED) is 0.854. The van der Waals surface area contributed by atoms with E-state index in [0.29, 0.717) is 5.92 Å². The Balaban J connectivity index is 2.19. The molecule has 88 valence electrons. The summed E-state index contributed by atoms with van der Waals surface area (Å²) in [6.07, 6.45) is 4.88. The lowest BCUT2D eigenvalue weighted by atomic mass is 9.92. The summed E-state index contributed by atoms with van der Waals surface area (Å²) in [6.45, 7) is 0. The minimum Gasteiger partial charge on any atom is -0.494 e. The van der Waals surface area contributed by atoms with Crippen LogP contribution in [0.2, 0.25) is 0 Å². The second-order valence-electron chi connectivity index (χ2n) is 4.46. The van der Waals surface area contributed by atoms with Crippen LogP contribution in [0, 0.1) is 11.7 Å². The summed E-state index contributed by atoms with van der Waals surface area (Å²) >= 11 is 0. The number of halogens is 1. The molecule has 1 aromatic carbocycles. The molecule has 2 N–H and O–H groups in total. The summed E-state index contributed by atoms with van der Waals surface area (Å²) in [5.41, 5.74) is 7.17. The van der Waals surface area contributed by atoms with Crippen molar-refractivity contribution in [1.82, 2.24) is 0 Å². The topological polar surface area (TPSA) is 35.2 Å². The Bertz CT molecular complexity index is 361. The Morgan fingerprint density at radius 1 is 1.38 bits per heavy atom. The third kappa shape index (κ3) is 2.19. The van der Waals surface area contributed by atoms with E-state index >= 15 is 0 Å². The smallest absolute Gasteiger partial charge is 0.165 e. The molecule has 1 fully saturated rings. The first-order chi connectivity index (χ1) is 7.72. The van der Waals surface area contributed by atoms with E-state index < -0.39 is 0 Å². The van der Waals surface area contributed by atoms with Gasteiger partial charge in [-0.05, 0) is 36.5 Å². The number of methoxy groups -OCH3 is 1. The second-order valence-corrected chi connectivity index (χ2v) is 4.46. The number of ether oxygens (including phenoxy) is 1. The molecule has 1 unspecified atom stereocenters. The van der Waals surface area contributed by atoms with Gasteiger partial charge in [-0.25, -0.2) is 4.39 Å². The van der Waals surface area contributed by atoms with Crippen molar-refractivity contribution in [2.24, 2.45) is 11.7 Å². The second kappa shape index (κ2) is 4.83. The van der Waals surface area contributed by atoms with E-state index in [4.69, 9.17) is 10.5 Å². The van der Waals surface area contributed by atoms with Crippen LogP contribution in [0.15, 0.2) is 18.2 Å². The summed E-state index contributed by atoms with van der Waals surface area (Å²) < 4.78 is 18.2. The molecule has 2 nitrogen and oxygen atoms in total. The molecular weight excluding hydrogens is 205 g/mol. The molecule has 0 radical (unpaired) electrons. The Hall–Kier alpha value is -1.09. The van der Waals surface area contributed by atoms with Gasteiger partial charge in [0.1, 0.15) is 0 Å². The molecule has 0 aliphatic heterocycles. The molecule has 0 amide bonds. The van der Waals surface area contributed by atoms with Gasteiger partial charge < -0.3 is 10.5 Å². The molecule has 1 aromatic rings. The third-order valence-electron chi connectivity index (χ3n) is 3.47. The van der Waals surface area contributed by atoms with Gasteiger partial charge in [-0.3, -0.25) is 0 Å². The first-order valence-corrected chi connectivity index (χ1v) is 5.81. The molecule has 1 aliphatic carbocycles. The van der Waals surface area contributed by atoms with E-state index in [1.165, 1.54) is 38.9 Å². The largest absolute Gasteiger partial charge is 0.494 e. The Morgan fingerprint density at radius 3 is 2.69 bits per heavy atom. The summed E-state index contributed by atoms with van der Waals surface area (Å²) in [7, 11) is 1.48. The van der Waals surface area contributed by atoms with Crippen LogP contribution in [0.5, 0.6) is 5.75 Å². The fraction of sp³-hybridized carbons (Fsp3) is 0.538. The summed E-state index contributed by atoms with van der Waals surface area (Å²) in [5.74, 6) is 0.492. The summed E-state index contributed by atoms with van der Waals surface area (Å²) in [4.78, 5) is 0. The molecule has 0 spiro atoms. The van der Waals surface area contributed by atoms with Crippen LogP contribution in [-0.2, 0) is 0 Å². The lowest BCUT2D eigenvalue weighted by Gasteiger charge is -2.19. The van der Waals surface area contributed by atoms with Crippen molar-refractivity contribution in [3.05, 3.63) is 29.6 Å². The molecule has 16 heavy (non-hydrogen) atoms. The molecule has 1 aliphatic rings. The third-order valence-corrected chi connectivity index (χ3v) is 3.47. The molecule has 0 heterocycles. The average Bonchev–Trinajstić information content (AvgIpc) is 2.82. The summed E-state index contributed by atoms with van der Waals surface area (Å²) in [6, 6.07) is 4.93. The molecule has 1 saturated carbocycles. The van der Waals surface area contributed by atoms with Gasteiger partial charge in [-0.15, -0.1) is 0 Å². The molecule has 1 atom stereocenters. The zero-order valence-electron chi connectivity index (χ0n) is 9.58. The van der Waals surface area contributed by atoms with Gasteiger partial charge in [0.25, 0.3) is 0 Å². The van der Waals surface area contributed by atoms with Gasteiger partial charge in [-0.1, -0.05) is 18.9 Å². The van der Waals surface area contributed by atoms with Crippen LogP contribution in [-0.4, -0.2) is 7.11 Å². The van der Waals surface area contributed by atoms with Gasteiger partial charge in [0.2, 0.25) is 0 Å². The van der Waals surface area contributed by atoms with E-state index in [9.17, 15) is 4.39 Å². The van der Waals surface area contributed by atoms with Crippen LogP contribution in [0.3, 0.4) is 0 Å². The molecule has 0 saturated heterocycles. The zero-order valence-corrected chi connectivity index (χ0v) is 9.58. The van der Waals surface area contributed by atoms with E-state index in [0.717, 1.165) is 5.56 Å². The molecule has 2 rings (SSSR count). The highest BCUT2D eigenvalue weighted by Crippen LogP contribution is 2.35. The van der Waals surface area contributed by atoms with Crippen molar-refractivity contribution in [3.8, 4) is 5.75 Å². The molecule has 3 heteroatoms. The van der Waals surface area contributed by atoms with E-state index in [-0.39, 0.29) is 17.6 Å². The van der Waals surface area contributed by atoms with Crippen molar-refractivity contribution in [3.63, 3.8) is 0 Å². The van der Waals surface area contributed by atoms with Crippen molar-refractivity contribution in [2.45, 2.75) is 31.7 Å². The maximum absolute atomic E-state index is 13.2. The number of hydrogen-bond donors (Lipinski definition) is 1. The highest BCUT2D eigenvalue weighted by molar-refractivity contribution is 5.32. The highest BCUT2D eigenvalue weighted by atomic mass is 19.1. The number of rotatable bonds is 3. The van der Waals surface area contributed by atoms with Crippen molar-refractivity contribution in [1.29, 1.82) is 0 Å². The van der Waals surface area contributed by atoms with Crippen LogP contribution in [0.4, 0.5) is 4.39 Å².